The van der Waals surface area contributed by atoms with Crippen molar-refractivity contribution in [2.45, 2.75) is 32.4 Å². The number of rotatable bonds is 3. The highest BCUT2D eigenvalue weighted by molar-refractivity contribution is 5.73. The summed E-state index contributed by atoms with van der Waals surface area (Å²) in [6.45, 7) is 5.05. The molecule has 2 N–H and O–H groups in total. The molecule has 1 heterocycles. The number of nitrogens with zero attached hydrogens (tertiary/aromatic N) is 1. The van der Waals surface area contributed by atoms with Crippen molar-refractivity contribution in [1.82, 2.24) is 5.32 Å². The first-order valence-corrected chi connectivity index (χ1v) is 6.37. The molecule has 2 atom stereocenters. The fourth-order valence-corrected chi connectivity index (χ4v) is 2.51. The van der Waals surface area contributed by atoms with Crippen molar-refractivity contribution < 1.29 is 9.90 Å². The van der Waals surface area contributed by atoms with E-state index in [4.69, 9.17) is 0 Å². The summed E-state index contributed by atoms with van der Waals surface area (Å²) in [6.07, 6.45) is 0.481. The Bertz CT molecular complexity index is 432. The van der Waals surface area contributed by atoms with Crippen LogP contribution in [-0.2, 0) is 4.79 Å². The third kappa shape index (κ3) is 2.82. The number of hydrogen-bond acceptors (Lipinski definition) is 3. The lowest BCUT2D eigenvalue weighted by atomic mass is 10.1. The smallest absolute Gasteiger partial charge is 0.217 e. The Balaban J connectivity index is 2.12. The summed E-state index contributed by atoms with van der Waals surface area (Å²) in [6, 6.07) is 8.11. The lowest BCUT2D eigenvalue weighted by molar-refractivity contribution is -0.119. The van der Waals surface area contributed by atoms with Crippen molar-refractivity contribution in [2.24, 2.45) is 0 Å². The highest BCUT2D eigenvalue weighted by Gasteiger charge is 2.25. The highest BCUT2D eigenvalue weighted by atomic mass is 16.3. The maximum Gasteiger partial charge on any atom is 0.217 e. The second-order valence-corrected chi connectivity index (χ2v) is 4.87. The standard InChI is InChI=1S/C14H20N2O2/c1-10(17)13-5-3-4-6-14(13)16-8-7-12(9-16)15-11(2)18/h3-6,10,12,17H,7-9H2,1-2H3,(H,15,18). The molecule has 4 heteroatoms. The first-order chi connectivity index (χ1) is 8.58. The first kappa shape index (κ1) is 12.9. The van der Waals surface area contributed by atoms with Crippen LogP contribution in [0.25, 0.3) is 0 Å². The highest BCUT2D eigenvalue weighted by Crippen LogP contribution is 2.28. The van der Waals surface area contributed by atoms with Crippen molar-refractivity contribution in [1.29, 1.82) is 0 Å². The predicted octanol–water partition coefficient (Wildman–Crippen LogP) is 1.45. The Morgan fingerprint density at radius 1 is 1.50 bits per heavy atom. The van der Waals surface area contributed by atoms with E-state index in [9.17, 15) is 9.90 Å². The van der Waals surface area contributed by atoms with Gasteiger partial charge in [0.2, 0.25) is 5.91 Å². The number of anilines is 1. The maximum atomic E-state index is 11.0. The van der Waals surface area contributed by atoms with E-state index in [2.05, 4.69) is 10.2 Å². The van der Waals surface area contributed by atoms with Crippen LogP contribution in [0.3, 0.4) is 0 Å². The van der Waals surface area contributed by atoms with Crippen LogP contribution in [0.5, 0.6) is 0 Å². The minimum atomic E-state index is -0.471. The number of carbonyl (C=O) groups excluding carboxylic acids is 1. The number of nitrogens with one attached hydrogen (secondary N) is 1. The Morgan fingerprint density at radius 2 is 2.22 bits per heavy atom. The third-order valence-electron chi connectivity index (χ3n) is 3.32. The normalized spacial score (nSPS) is 20.8. The maximum absolute atomic E-state index is 11.0. The molecular formula is C14H20N2O2. The van der Waals surface area contributed by atoms with Gasteiger partial charge < -0.3 is 15.3 Å². The molecule has 0 aromatic heterocycles. The average molecular weight is 248 g/mol. The van der Waals surface area contributed by atoms with Crippen molar-refractivity contribution in [3.05, 3.63) is 29.8 Å². The molecule has 2 unspecified atom stereocenters. The molecule has 1 aromatic carbocycles. The van der Waals surface area contributed by atoms with Crippen LogP contribution < -0.4 is 10.2 Å². The zero-order valence-electron chi connectivity index (χ0n) is 10.9. The second-order valence-electron chi connectivity index (χ2n) is 4.87. The van der Waals surface area contributed by atoms with Crippen LogP contribution in [0.4, 0.5) is 5.69 Å². The van der Waals surface area contributed by atoms with Gasteiger partial charge in [-0.1, -0.05) is 18.2 Å². The van der Waals surface area contributed by atoms with Gasteiger partial charge in [0.05, 0.1) is 6.10 Å². The van der Waals surface area contributed by atoms with E-state index in [1.165, 1.54) is 0 Å². The fraction of sp³-hybridized carbons (Fsp3) is 0.500. The van der Waals surface area contributed by atoms with Crippen LogP contribution >= 0.6 is 0 Å². The lowest BCUT2D eigenvalue weighted by Gasteiger charge is -2.23. The second kappa shape index (κ2) is 5.40. The molecular weight excluding hydrogens is 228 g/mol. The molecule has 18 heavy (non-hydrogen) atoms. The first-order valence-electron chi connectivity index (χ1n) is 6.37. The van der Waals surface area contributed by atoms with Gasteiger partial charge in [-0.05, 0) is 19.4 Å². The fourth-order valence-electron chi connectivity index (χ4n) is 2.51. The average Bonchev–Trinajstić information content (AvgIpc) is 2.76. The van der Waals surface area contributed by atoms with Gasteiger partial charge in [0.1, 0.15) is 0 Å². The van der Waals surface area contributed by atoms with E-state index in [0.717, 1.165) is 30.8 Å². The minimum Gasteiger partial charge on any atom is -0.389 e. The predicted molar refractivity (Wildman–Crippen MR) is 71.5 cm³/mol. The van der Waals surface area contributed by atoms with Crippen LogP contribution in [0, 0.1) is 0 Å². The Morgan fingerprint density at radius 3 is 2.89 bits per heavy atom. The molecule has 1 aliphatic rings. The molecule has 1 amide bonds. The molecule has 98 valence electrons. The zero-order chi connectivity index (χ0) is 13.1. The minimum absolute atomic E-state index is 0.0191. The van der Waals surface area contributed by atoms with Crippen molar-refractivity contribution >= 4 is 11.6 Å². The van der Waals surface area contributed by atoms with Crippen LogP contribution in [0.15, 0.2) is 24.3 Å². The van der Waals surface area contributed by atoms with Crippen LogP contribution in [-0.4, -0.2) is 30.1 Å². The number of para-hydroxylation sites is 1. The summed E-state index contributed by atoms with van der Waals surface area (Å²) in [5.41, 5.74) is 2.02. The topological polar surface area (TPSA) is 52.6 Å². The van der Waals surface area contributed by atoms with E-state index in [-0.39, 0.29) is 11.9 Å². The van der Waals surface area contributed by atoms with Gasteiger partial charge in [-0.15, -0.1) is 0 Å². The number of amides is 1. The molecule has 2 rings (SSSR count). The number of hydrogen-bond donors (Lipinski definition) is 2. The van der Waals surface area contributed by atoms with Gasteiger partial charge in [0.15, 0.2) is 0 Å². The van der Waals surface area contributed by atoms with Gasteiger partial charge in [-0.3, -0.25) is 4.79 Å². The molecule has 0 spiro atoms. The molecule has 1 aliphatic heterocycles. The van der Waals surface area contributed by atoms with E-state index < -0.39 is 6.10 Å². The van der Waals surface area contributed by atoms with Gasteiger partial charge >= 0.3 is 0 Å². The lowest BCUT2D eigenvalue weighted by Crippen LogP contribution is -2.35. The van der Waals surface area contributed by atoms with Crippen molar-refractivity contribution in [3.8, 4) is 0 Å². The molecule has 1 aromatic rings. The van der Waals surface area contributed by atoms with Crippen LogP contribution in [0.2, 0.25) is 0 Å². The third-order valence-corrected chi connectivity index (χ3v) is 3.32. The Hall–Kier alpha value is -1.55. The summed E-state index contributed by atoms with van der Waals surface area (Å²) < 4.78 is 0. The Labute approximate surface area is 108 Å². The molecule has 0 bridgehead atoms. The summed E-state index contributed by atoms with van der Waals surface area (Å²) in [4.78, 5) is 13.3. The summed E-state index contributed by atoms with van der Waals surface area (Å²) >= 11 is 0. The molecule has 4 nitrogen and oxygen atoms in total. The van der Waals surface area contributed by atoms with Crippen LogP contribution in [0.1, 0.15) is 31.9 Å². The molecule has 0 radical (unpaired) electrons. The van der Waals surface area contributed by atoms with Gasteiger partial charge in [-0.25, -0.2) is 0 Å². The zero-order valence-corrected chi connectivity index (χ0v) is 10.9. The van der Waals surface area contributed by atoms with Crippen molar-refractivity contribution in [2.75, 3.05) is 18.0 Å². The molecule has 0 saturated carbocycles. The number of benzene rings is 1. The SMILES string of the molecule is CC(=O)NC1CCN(c2ccccc2C(C)O)C1. The van der Waals surface area contributed by atoms with E-state index in [1.807, 2.05) is 24.3 Å². The number of aliphatic hydroxyl groups is 1. The number of carbonyl (C=O) groups is 1. The van der Waals surface area contributed by atoms with Gasteiger partial charge in [0.25, 0.3) is 0 Å². The quantitative estimate of drug-likeness (QED) is 0.851. The Kier molecular flexibility index (Phi) is 3.87. The number of aliphatic hydroxyl groups excluding tert-OH is 1. The van der Waals surface area contributed by atoms with Crippen molar-refractivity contribution in [3.63, 3.8) is 0 Å². The van der Waals surface area contributed by atoms with E-state index >= 15 is 0 Å². The monoisotopic (exact) mass is 248 g/mol. The molecule has 0 aliphatic carbocycles. The molecule has 1 fully saturated rings. The summed E-state index contributed by atoms with van der Waals surface area (Å²) in [7, 11) is 0. The van der Waals surface area contributed by atoms with E-state index in [0.29, 0.717) is 0 Å². The van der Waals surface area contributed by atoms with Gasteiger partial charge in [-0.2, -0.15) is 0 Å². The van der Waals surface area contributed by atoms with E-state index in [1.54, 1.807) is 13.8 Å². The summed E-state index contributed by atoms with van der Waals surface area (Å²) in [5.74, 6) is 0.0191. The largest absolute Gasteiger partial charge is 0.389 e. The summed E-state index contributed by atoms with van der Waals surface area (Å²) in [5, 5.41) is 12.7. The molecule has 1 saturated heterocycles. The van der Waals surface area contributed by atoms with Gasteiger partial charge in [0, 0.05) is 37.3 Å².